The fourth-order valence-electron chi connectivity index (χ4n) is 1.45. The van der Waals surface area contributed by atoms with Crippen LogP contribution < -0.4 is 0 Å². The second kappa shape index (κ2) is 3.41. The van der Waals surface area contributed by atoms with E-state index in [-0.39, 0.29) is 43.8 Å². The zero-order chi connectivity index (χ0) is 7.99. The van der Waals surface area contributed by atoms with E-state index in [2.05, 4.69) is 6.42 Å². The summed E-state index contributed by atoms with van der Waals surface area (Å²) in [5, 5.41) is 12.6. The normalized spacial score (nSPS) is 28.1. The summed E-state index contributed by atoms with van der Waals surface area (Å²) < 4.78 is 0. The third-order valence-corrected chi connectivity index (χ3v) is 2.17. The van der Waals surface area contributed by atoms with Gasteiger partial charge in [0.05, 0.1) is 0 Å². The van der Waals surface area contributed by atoms with Crippen LogP contribution in [0.5, 0.6) is 0 Å². The molecule has 1 fully saturated rings. The summed E-state index contributed by atoms with van der Waals surface area (Å²) in [4.78, 5) is 0. The summed E-state index contributed by atoms with van der Waals surface area (Å²) in [5.41, 5.74) is -0.451. The number of hydroxylamine groups is 2. The van der Waals surface area contributed by atoms with Crippen molar-refractivity contribution in [3.63, 3.8) is 0 Å². The first-order chi connectivity index (χ1) is 4.36. The van der Waals surface area contributed by atoms with Gasteiger partial charge in [0.25, 0.3) is 0 Å². The van der Waals surface area contributed by atoms with Gasteiger partial charge in [0.1, 0.15) is 0 Å². The van der Waals surface area contributed by atoms with E-state index >= 15 is 0 Å². The number of hydrogen-bond acceptors (Lipinski definition) is 1. The SMILES string of the molecule is CC1(C)[CH-]CC(C)(C)N1[O].[Y]. The largest absolute Gasteiger partial charge is 0.305 e. The molecule has 2 nitrogen and oxygen atoms in total. The van der Waals surface area contributed by atoms with Crippen molar-refractivity contribution in [2.45, 2.75) is 45.2 Å². The van der Waals surface area contributed by atoms with Gasteiger partial charge >= 0.3 is 0 Å². The summed E-state index contributed by atoms with van der Waals surface area (Å²) >= 11 is 0. The smallest absolute Gasteiger partial charge is 0.0146 e. The van der Waals surface area contributed by atoms with Gasteiger partial charge in [0.2, 0.25) is 0 Å². The molecule has 1 heterocycles. The molecule has 0 bridgehead atoms. The van der Waals surface area contributed by atoms with E-state index in [0.717, 1.165) is 6.42 Å². The van der Waals surface area contributed by atoms with Crippen molar-refractivity contribution in [2.75, 3.05) is 0 Å². The van der Waals surface area contributed by atoms with Crippen molar-refractivity contribution in [3.05, 3.63) is 6.42 Å². The van der Waals surface area contributed by atoms with Crippen LogP contribution in [0.15, 0.2) is 0 Å². The van der Waals surface area contributed by atoms with E-state index in [1.54, 1.807) is 0 Å². The summed E-state index contributed by atoms with van der Waals surface area (Å²) in [6, 6.07) is 0. The van der Waals surface area contributed by atoms with Crippen LogP contribution in [0.3, 0.4) is 0 Å². The minimum atomic E-state index is -0.260. The summed E-state index contributed by atoms with van der Waals surface area (Å²) in [7, 11) is 0. The summed E-state index contributed by atoms with van der Waals surface area (Å²) in [6.45, 7) is 7.86. The number of nitrogens with zero attached hydrogens (tertiary/aromatic N) is 1. The van der Waals surface area contributed by atoms with E-state index in [4.69, 9.17) is 0 Å². The van der Waals surface area contributed by atoms with E-state index in [0.29, 0.717) is 0 Å². The van der Waals surface area contributed by atoms with Gasteiger partial charge in [0, 0.05) is 38.2 Å². The van der Waals surface area contributed by atoms with Crippen molar-refractivity contribution in [2.24, 2.45) is 0 Å². The van der Waals surface area contributed by atoms with Crippen LogP contribution in [-0.4, -0.2) is 16.1 Å². The fraction of sp³-hybridized carbons (Fsp3) is 0.875. The number of hydrogen-bond donors (Lipinski definition) is 0. The molecule has 1 aliphatic rings. The Bertz CT molecular complexity index is 129. The number of rotatable bonds is 0. The maximum atomic E-state index is 11.4. The molecular formula is C8H15NOY-. The second-order valence-corrected chi connectivity index (χ2v) is 4.17. The van der Waals surface area contributed by atoms with Crippen molar-refractivity contribution in [3.8, 4) is 0 Å². The average molecular weight is 230 g/mol. The molecule has 0 aromatic heterocycles. The standard InChI is InChI=1S/C8H15NO.Y/c1-7(2)5-6-8(3,4)9(7)10;/h5H,6H2,1-4H3;/q-1;. The van der Waals surface area contributed by atoms with Crippen molar-refractivity contribution >= 4 is 0 Å². The monoisotopic (exact) mass is 230 g/mol. The second-order valence-electron chi connectivity index (χ2n) is 4.17. The van der Waals surface area contributed by atoms with Crippen LogP contribution in [0.4, 0.5) is 0 Å². The maximum Gasteiger partial charge on any atom is 0.0146 e. The zero-order valence-electron chi connectivity index (χ0n) is 7.72. The minimum absolute atomic E-state index is 0. The van der Waals surface area contributed by atoms with Gasteiger partial charge < -0.3 is 6.42 Å². The van der Waals surface area contributed by atoms with Gasteiger partial charge in [-0.1, -0.05) is 19.4 Å². The van der Waals surface area contributed by atoms with Crippen LogP contribution in [0.25, 0.3) is 0 Å². The van der Waals surface area contributed by atoms with Gasteiger partial charge in [-0.25, -0.2) is 0 Å². The Kier molecular flexibility index (Phi) is 3.73. The molecular weight excluding hydrogens is 215 g/mol. The van der Waals surface area contributed by atoms with Crippen molar-refractivity contribution in [1.29, 1.82) is 0 Å². The molecule has 2 radical (unpaired) electrons. The van der Waals surface area contributed by atoms with Crippen molar-refractivity contribution < 1.29 is 37.9 Å². The van der Waals surface area contributed by atoms with Gasteiger partial charge in [-0.2, -0.15) is 11.5 Å². The molecule has 0 aromatic rings. The third-order valence-electron chi connectivity index (χ3n) is 2.17. The predicted octanol–water partition coefficient (Wildman–Crippen LogP) is 1.80. The Hall–Kier alpha value is 1.02. The molecule has 0 unspecified atom stereocenters. The van der Waals surface area contributed by atoms with Gasteiger partial charge in [-0.3, -0.25) is 0 Å². The molecule has 0 amide bonds. The van der Waals surface area contributed by atoms with Crippen LogP contribution in [0.1, 0.15) is 34.1 Å². The van der Waals surface area contributed by atoms with Crippen molar-refractivity contribution in [1.82, 2.24) is 5.06 Å². The molecule has 0 aromatic carbocycles. The van der Waals surface area contributed by atoms with Crippen LogP contribution in [0, 0.1) is 6.42 Å². The first-order valence-corrected chi connectivity index (χ1v) is 3.68. The van der Waals surface area contributed by atoms with E-state index in [9.17, 15) is 5.21 Å². The molecule has 0 N–H and O–H groups in total. The first kappa shape index (κ1) is 12.0. The van der Waals surface area contributed by atoms with Gasteiger partial charge in [-0.05, 0) is 13.8 Å². The van der Waals surface area contributed by atoms with Gasteiger partial charge in [-0.15, -0.1) is 5.21 Å². The molecule has 11 heavy (non-hydrogen) atoms. The minimum Gasteiger partial charge on any atom is -0.305 e. The molecule has 62 valence electrons. The van der Waals surface area contributed by atoms with Crippen LogP contribution in [0.2, 0.25) is 0 Å². The van der Waals surface area contributed by atoms with Gasteiger partial charge in [0.15, 0.2) is 0 Å². The Balaban J connectivity index is 0.000001000. The Labute approximate surface area is 94.2 Å². The Morgan fingerprint density at radius 2 is 1.73 bits per heavy atom. The molecule has 0 aliphatic carbocycles. The Morgan fingerprint density at radius 1 is 1.27 bits per heavy atom. The average Bonchev–Trinajstić information content (AvgIpc) is 1.95. The molecule has 0 saturated carbocycles. The first-order valence-electron chi connectivity index (χ1n) is 3.68. The molecule has 1 aliphatic heterocycles. The summed E-state index contributed by atoms with van der Waals surface area (Å²) in [5.74, 6) is 0. The molecule has 0 atom stereocenters. The summed E-state index contributed by atoms with van der Waals surface area (Å²) in [6.07, 6.45) is 2.98. The maximum absolute atomic E-state index is 11.4. The van der Waals surface area contributed by atoms with Crippen LogP contribution in [-0.2, 0) is 37.9 Å². The van der Waals surface area contributed by atoms with E-state index in [1.165, 1.54) is 5.06 Å². The predicted molar refractivity (Wildman–Crippen MR) is 39.6 cm³/mol. The Morgan fingerprint density at radius 3 is 1.82 bits per heavy atom. The zero-order valence-corrected chi connectivity index (χ0v) is 10.6. The van der Waals surface area contributed by atoms with E-state index in [1.807, 2.05) is 27.7 Å². The quantitative estimate of drug-likeness (QED) is 0.582. The molecule has 3 heteroatoms. The van der Waals surface area contributed by atoms with Crippen LogP contribution >= 0.6 is 0 Å². The topological polar surface area (TPSA) is 23.1 Å². The molecule has 0 spiro atoms. The molecule has 1 saturated heterocycles. The molecule has 1 rings (SSSR count). The fourth-order valence-corrected chi connectivity index (χ4v) is 1.45. The third kappa shape index (κ3) is 2.24. The van der Waals surface area contributed by atoms with E-state index < -0.39 is 0 Å².